The van der Waals surface area contributed by atoms with Crippen LogP contribution >= 0.6 is 11.3 Å². The third-order valence-corrected chi connectivity index (χ3v) is 8.53. The molecule has 2 aliphatic heterocycles. The second-order valence-electron chi connectivity index (χ2n) is 10.7. The van der Waals surface area contributed by atoms with Gasteiger partial charge in [0.25, 0.3) is 5.91 Å². The van der Waals surface area contributed by atoms with Crippen molar-refractivity contribution in [1.29, 1.82) is 0 Å². The molecule has 4 heterocycles. The van der Waals surface area contributed by atoms with E-state index in [0.717, 1.165) is 49.8 Å². The minimum atomic E-state index is -0.405. The van der Waals surface area contributed by atoms with Crippen molar-refractivity contribution in [3.8, 4) is 5.88 Å². The summed E-state index contributed by atoms with van der Waals surface area (Å²) < 4.78 is 5.48. The Kier molecular flexibility index (Phi) is 9.41. The van der Waals surface area contributed by atoms with Gasteiger partial charge in [0, 0.05) is 68.7 Å². The van der Waals surface area contributed by atoms with Crippen LogP contribution in [0.3, 0.4) is 0 Å². The minimum Gasteiger partial charge on any atom is -0.391 e. The largest absolute Gasteiger partial charge is 0.416 e. The number of carbonyl (C=O) groups is 2. The molecule has 5 rings (SSSR count). The highest BCUT2D eigenvalue weighted by Crippen LogP contribution is 2.20. The Morgan fingerprint density at radius 1 is 1.05 bits per heavy atom. The van der Waals surface area contributed by atoms with Crippen LogP contribution in [0.15, 0.2) is 48.0 Å². The Hall–Kier alpha value is -3.34. The molecule has 10 heteroatoms. The monoisotopic (exact) mass is 562 g/mol. The number of hydrogen-bond acceptors (Lipinski definition) is 8. The van der Waals surface area contributed by atoms with Crippen LogP contribution in [0.25, 0.3) is 0 Å². The Morgan fingerprint density at radius 3 is 2.52 bits per heavy atom. The molecule has 1 N–H and O–H groups in total. The van der Waals surface area contributed by atoms with Crippen molar-refractivity contribution in [2.45, 2.75) is 52.1 Å². The number of ether oxygens (including phenoxy) is 1. The van der Waals surface area contributed by atoms with Gasteiger partial charge in [-0.15, -0.1) is 11.3 Å². The third kappa shape index (κ3) is 7.65. The van der Waals surface area contributed by atoms with Gasteiger partial charge < -0.3 is 15.0 Å². The number of nitrogens with zero attached hydrogens (tertiary/aromatic N) is 5. The van der Waals surface area contributed by atoms with Crippen molar-refractivity contribution in [2.24, 2.45) is 0 Å². The number of nitrogens with one attached hydrogen (secondary N) is 1. The summed E-state index contributed by atoms with van der Waals surface area (Å²) in [6.07, 6.45) is 5.83. The van der Waals surface area contributed by atoms with Crippen molar-refractivity contribution in [2.75, 3.05) is 44.6 Å². The van der Waals surface area contributed by atoms with Crippen LogP contribution in [0, 0.1) is 6.92 Å². The Balaban J connectivity index is 1.05. The van der Waals surface area contributed by atoms with E-state index in [2.05, 4.69) is 37.4 Å². The fourth-order valence-electron chi connectivity index (χ4n) is 5.21. The molecule has 0 aliphatic carbocycles. The van der Waals surface area contributed by atoms with Crippen molar-refractivity contribution < 1.29 is 14.3 Å². The van der Waals surface area contributed by atoms with Gasteiger partial charge in [0.1, 0.15) is 0 Å². The van der Waals surface area contributed by atoms with E-state index in [1.165, 1.54) is 31.0 Å². The molecule has 0 saturated carbocycles. The van der Waals surface area contributed by atoms with Crippen LogP contribution < -0.4 is 10.1 Å². The Bertz CT molecular complexity index is 1270. The maximum Gasteiger partial charge on any atom is 0.416 e. The van der Waals surface area contributed by atoms with E-state index in [1.807, 2.05) is 31.2 Å². The maximum atomic E-state index is 12.7. The first-order valence-corrected chi connectivity index (χ1v) is 15.0. The van der Waals surface area contributed by atoms with E-state index in [0.29, 0.717) is 30.4 Å². The molecule has 212 valence electrons. The number of thiazole rings is 1. The van der Waals surface area contributed by atoms with Crippen molar-refractivity contribution in [3.63, 3.8) is 0 Å². The van der Waals surface area contributed by atoms with Crippen LogP contribution in [0.1, 0.15) is 52.8 Å². The highest BCUT2D eigenvalue weighted by Gasteiger charge is 2.23. The number of rotatable bonds is 8. The van der Waals surface area contributed by atoms with Gasteiger partial charge >= 0.3 is 6.09 Å². The number of likely N-dealkylation sites (tertiary alicyclic amines) is 1. The first kappa shape index (κ1) is 28.2. The minimum absolute atomic E-state index is 0.202. The summed E-state index contributed by atoms with van der Waals surface area (Å²) in [6, 6.07) is 11.7. The number of benzene rings is 1. The highest BCUT2D eigenvalue weighted by molar-refractivity contribution is 7.09. The van der Waals surface area contributed by atoms with E-state index in [4.69, 9.17) is 4.74 Å². The fourth-order valence-corrected chi connectivity index (χ4v) is 5.86. The van der Waals surface area contributed by atoms with Gasteiger partial charge in [-0.25, -0.2) is 14.8 Å². The first-order chi connectivity index (χ1) is 19.4. The molecule has 0 radical (unpaired) electrons. The van der Waals surface area contributed by atoms with E-state index >= 15 is 0 Å². The average Bonchev–Trinajstić information content (AvgIpc) is 3.39. The number of pyridine rings is 1. The van der Waals surface area contributed by atoms with Gasteiger partial charge in [0.2, 0.25) is 5.88 Å². The number of anilines is 1. The predicted molar refractivity (Wildman–Crippen MR) is 157 cm³/mol. The molecule has 1 atom stereocenters. The van der Waals surface area contributed by atoms with E-state index in [9.17, 15) is 9.59 Å². The van der Waals surface area contributed by atoms with Crippen LogP contribution in [0.2, 0.25) is 0 Å². The molecule has 0 bridgehead atoms. The fraction of sp³-hybridized carbons (Fsp3) is 0.467. The van der Waals surface area contributed by atoms with Gasteiger partial charge in [-0.1, -0.05) is 18.6 Å². The van der Waals surface area contributed by atoms with Crippen LogP contribution in [0.5, 0.6) is 5.88 Å². The normalized spacial score (nSPS) is 18.4. The molecule has 2 saturated heterocycles. The predicted octanol–water partition coefficient (Wildman–Crippen LogP) is 4.83. The number of piperidine rings is 1. The lowest BCUT2D eigenvalue weighted by atomic mass is 10.0. The topological polar surface area (TPSA) is 90.9 Å². The molecule has 2 fully saturated rings. The smallest absolute Gasteiger partial charge is 0.391 e. The molecule has 9 nitrogen and oxygen atoms in total. The van der Waals surface area contributed by atoms with Crippen LogP contribution in [-0.4, -0.2) is 82.0 Å². The van der Waals surface area contributed by atoms with Gasteiger partial charge in [0.05, 0.1) is 22.6 Å². The van der Waals surface area contributed by atoms with Crippen molar-refractivity contribution in [3.05, 3.63) is 69.8 Å². The summed E-state index contributed by atoms with van der Waals surface area (Å²) in [5, 5.41) is 6.07. The van der Waals surface area contributed by atoms with Crippen molar-refractivity contribution >= 4 is 29.0 Å². The third-order valence-electron chi connectivity index (χ3n) is 7.71. The average molecular weight is 563 g/mol. The number of carbonyl (C=O) groups excluding carboxylic acids is 2. The lowest BCUT2D eigenvalue weighted by Gasteiger charge is -2.33. The zero-order valence-corrected chi connectivity index (χ0v) is 24.2. The SMILES string of the molecule is Cc1nc(CCN2CCN(C(=O)Oc3ccc(NC(=O)c4ccc(CN5CCCCC5C)cc4)cn3)CC2)cs1. The number of amides is 2. The maximum absolute atomic E-state index is 12.7. The molecule has 1 aromatic carbocycles. The van der Waals surface area contributed by atoms with Gasteiger partial charge in [-0.3, -0.25) is 14.6 Å². The summed E-state index contributed by atoms with van der Waals surface area (Å²) in [5.41, 5.74) is 3.47. The lowest BCUT2D eigenvalue weighted by molar-refractivity contribution is 0.102. The second-order valence-corrected chi connectivity index (χ2v) is 11.7. The summed E-state index contributed by atoms with van der Waals surface area (Å²) in [4.78, 5) is 40.7. The molecule has 3 aromatic rings. The van der Waals surface area contributed by atoms with Gasteiger partial charge in [-0.2, -0.15) is 0 Å². The summed E-state index contributed by atoms with van der Waals surface area (Å²) in [6.45, 7) is 10.1. The van der Waals surface area contributed by atoms with E-state index in [1.54, 1.807) is 28.4 Å². The summed E-state index contributed by atoms with van der Waals surface area (Å²) in [5.74, 6) is 0.00726. The molecular formula is C30H38N6O3S. The van der Waals surface area contributed by atoms with E-state index in [-0.39, 0.29) is 11.8 Å². The standard InChI is InChI=1S/C30H38N6O3S/c1-22-5-3-4-13-36(22)20-24-6-8-25(9-7-24)29(37)33-26-10-11-28(31-19-26)39-30(38)35-17-15-34(16-18-35)14-12-27-21-40-23(2)32-27/h6-11,19,21-22H,3-5,12-18,20H2,1-2H3,(H,33,37). The van der Waals surface area contributed by atoms with Gasteiger partial charge in [-0.05, 0) is 57.0 Å². The highest BCUT2D eigenvalue weighted by atomic mass is 32.1. The number of piperazine rings is 1. The molecule has 2 aliphatic rings. The quantitative estimate of drug-likeness (QED) is 0.420. The molecule has 1 unspecified atom stereocenters. The first-order valence-electron chi connectivity index (χ1n) is 14.1. The molecule has 2 amide bonds. The van der Waals surface area contributed by atoms with Crippen LogP contribution in [0.4, 0.5) is 10.5 Å². The summed E-state index contributed by atoms with van der Waals surface area (Å²) >= 11 is 1.68. The zero-order valence-electron chi connectivity index (χ0n) is 23.3. The number of aryl methyl sites for hydroxylation is 1. The number of hydrogen-bond donors (Lipinski definition) is 1. The second kappa shape index (κ2) is 13.3. The Morgan fingerprint density at radius 2 is 1.85 bits per heavy atom. The molecule has 0 spiro atoms. The molecular weight excluding hydrogens is 524 g/mol. The van der Waals surface area contributed by atoms with Gasteiger partial charge in [0.15, 0.2) is 0 Å². The Labute approximate surface area is 240 Å². The lowest BCUT2D eigenvalue weighted by Crippen LogP contribution is -2.50. The summed E-state index contributed by atoms with van der Waals surface area (Å²) in [7, 11) is 0. The molecule has 2 aromatic heterocycles. The molecule has 40 heavy (non-hydrogen) atoms. The van der Waals surface area contributed by atoms with Crippen molar-refractivity contribution in [1.82, 2.24) is 24.7 Å². The number of aromatic nitrogens is 2. The zero-order chi connectivity index (χ0) is 27.9. The van der Waals surface area contributed by atoms with Crippen LogP contribution in [-0.2, 0) is 13.0 Å². The van der Waals surface area contributed by atoms with E-state index < -0.39 is 6.09 Å².